The van der Waals surface area contributed by atoms with Crippen LogP contribution in [0.15, 0.2) is 0 Å². The lowest BCUT2D eigenvalue weighted by atomic mass is 9.92. The van der Waals surface area contributed by atoms with E-state index in [9.17, 15) is 4.79 Å². The predicted octanol–water partition coefficient (Wildman–Crippen LogP) is 2.23. The maximum atomic E-state index is 12.6. The van der Waals surface area contributed by atoms with Gasteiger partial charge >= 0.3 is 0 Å². The Morgan fingerprint density at radius 2 is 1.90 bits per heavy atom. The van der Waals surface area contributed by atoms with Crippen LogP contribution < -0.4 is 5.73 Å². The molecule has 0 aromatic rings. The fraction of sp³-hybridized carbons (Fsp3) is 0.941. The van der Waals surface area contributed by atoms with Crippen molar-refractivity contribution in [3.63, 3.8) is 0 Å². The van der Waals surface area contributed by atoms with Gasteiger partial charge in [-0.25, -0.2) is 0 Å². The Hall–Kier alpha value is -0.610. The number of hydrogen-bond acceptors (Lipinski definition) is 3. The van der Waals surface area contributed by atoms with Crippen molar-refractivity contribution >= 4 is 5.91 Å². The normalized spacial score (nSPS) is 23.0. The van der Waals surface area contributed by atoms with Crippen LogP contribution in [0, 0.1) is 5.92 Å². The average Bonchev–Trinajstić information content (AvgIpc) is 2.93. The molecule has 0 bridgehead atoms. The monoisotopic (exact) mass is 295 g/mol. The Bertz CT molecular complexity index is 331. The smallest absolute Gasteiger partial charge is 0.242 e. The minimum absolute atomic E-state index is 0.220. The topological polar surface area (TPSA) is 49.6 Å². The van der Waals surface area contributed by atoms with Crippen molar-refractivity contribution < 1.29 is 4.79 Å². The summed E-state index contributed by atoms with van der Waals surface area (Å²) < 4.78 is 0. The number of nitrogens with two attached hydrogens (primary N) is 1. The summed E-state index contributed by atoms with van der Waals surface area (Å²) in [6, 6.07) is 0. The van der Waals surface area contributed by atoms with E-state index in [2.05, 4.69) is 18.9 Å². The van der Waals surface area contributed by atoms with Gasteiger partial charge in [-0.3, -0.25) is 4.79 Å². The standard InChI is InChI=1S/C17H33N3O/c1-3-4-11-19(2)14-15-7-12-20(13-8-15)16(21)17(18)9-5-6-10-17/h15H,3-14,18H2,1-2H3. The Labute approximate surface area is 130 Å². The van der Waals surface area contributed by atoms with Gasteiger partial charge in [-0.05, 0) is 51.6 Å². The predicted molar refractivity (Wildman–Crippen MR) is 87.1 cm³/mol. The molecule has 1 amide bonds. The number of amides is 1. The number of carbonyl (C=O) groups is 1. The molecule has 2 N–H and O–H groups in total. The van der Waals surface area contributed by atoms with Gasteiger partial charge in [0.05, 0.1) is 5.54 Å². The molecule has 0 radical (unpaired) electrons. The summed E-state index contributed by atoms with van der Waals surface area (Å²) in [6.45, 7) is 6.43. The molecule has 21 heavy (non-hydrogen) atoms. The zero-order chi connectivity index (χ0) is 15.3. The van der Waals surface area contributed by atoms with Crippen LogP contribution in [0.4, 0.5) is 0 Å². The van der Waals surface area contributed by atoms with E-state index >= 15 is 0 Å². The SMILES string of the molecule is CCCCN(C)CC1CCN(C(=O)C2(N)CCCC2)CC1. The van der Waals surface area contributed by atoms with E-state index in [4.69, 9.17) is 5.73 Å². The zero-order valence-electron chi connectivity index (χ0n) is 13.9. The zero-order valence-corrected chi connectivity index (χ0v) is 13.9. The maximum absolute atomic E-state index is 12.6. The summed E-state index contributed by atoms with van der Waals surface area (Å²) >= 11 is 0. The first-order valence-electron chi connectivity index (χ1n) is 8.82. The Balaban J connectivity index is 1.74. The van der Waals surface area contributed by atoms with Crippen molar-refractivity contribution in [2.45, 2.75) is 63.8 Å². The molecule has 122 valence electrons. The molecule has 4 nitrogen and oxygen atoms in total. The van der Waals surface area contributed by atoms with Gasteiger partial charge in [0, 0.05) is 19.6 Å². The molecule has 0 unspecified atom stereocenters. The van der Waals surface area contributed by atoms with Crippen LogP contribution in [0.25, 0.3) is 0 Å². The van der Waals surface area contributed by atoms with Crippen LogP contribution >= 0.6 is 0 Å². The Morgan fingerprint density at radius 3 is 2.48 bits per heavy atom. The highest BCUT2D eigenvalue weighted by molar-refractivity contribution is 5.86. The third-order valence-electron chi connectivity index (χ3n) is 5.29. The van der Waals surface area contributed by atoms with Gasteiger partial charge in [0.1, 0.15) is 0 Å². The highest BCUT2D eigenvalue weighted by Gasteiger charge is 2.40. The van der Waals surface area contributed by atoms with Gasteiger partial charge in [-0.2, -0.15) is 0 Å². The molecule has 0 atom stereocenters. The van der Waals surface area contributed by atoms with Crippen LogP contribution in [0.2, 0.25) is 0 Å². The molecule has 2 rings (SSSR count). The largest absolute Gasteiger partial charge is 0.341 e. The van der Waals surface area contributed by atoms with Crippen molar-refractivity contribution in [3.8, 4) is 0 Å². The molecule has 2 fully saturated rings. The fourth-order valence-corrected chi connectivity index (χ4v) is 3.81. The molecule has 1 aliphatic heterocycles. The van der Waals surface area contributed by atoms with E-state index in [1.807, 2.05) is 4.90 Å². The van der Waals surface area contributed by atoms with E-state index in [1.54, 1.807) is 0 Å². The molecule has 2 aliphatic rings. The summed E-state index contributed by atoms with van der Waals surface area (Å²) in [5.41, 5.74) is 5.77. The fourth-order valence-electron chi connectivity index (χ4n) is 3.81. The number of unbranched alkanes of at least 4 members (excludes halogenated alkanes) is 1. The average molecular weight is 295 g/mol. The number of rotatable bonds is 6. The van der Waals surface area contributed by atoms with Gasteiger partial charge in [-0.15, -0.1) is 0 Å². The van der Waals surface area contributed by atoms with E-state index in [0.717, 1.165) is 57.5 Å². The molecule has 1 saturated heterocycles. The highest BCUT2D eigenvalue weighted by atomic mass is 16.2. The van der Waals surface area contributed by atoms with Gasteiger partial charge in [-0.1, -0.05) is 26.2 Å². The first-order chi connectivity index (χ1) is 10.0. The summed E-state index contributed by atoms with van der Waals surface area (Å²) in [5, 5.41) is 0. The second-order valence-corrected chi connectivity index (χ2v) is 7.21. The van der Waals surface area contributed by atoms with Gasteiger partial charge in [0.2, 0.25) is 5.91 Å². The second kappa shape index (κ2) is 7.59. The lowest BCUT2D eigenvalue weighted by molar-refractivity contribution is -0.138. The molecule has 1 aliphatic carbocycles. The second-order valence-electron chi connectivity index (χ2n) is 7.21. The van der Waals surface area contributed by atoms with Crippen LogP contribution in [0.3, 0.4) is 0 Å². The highest BCUT2D eigenvalue weighted by Crippen LogP contribution is 2.30. The van der Waals surface area contributed by atoms with E-state index in [0.29, 0.717) is 0 Å². The third-order valence-corrected chi connectivity index (χ3v) is 5.29. The van der Waals surface area contributed by atoms with Crippen molar-refractivity contribution in [3.05, 3.63) is 0 Å². The molecular formula is C17H33N3O. The molecule has 1 heterocycles. The minimum atomic E-state index is -0.537. The first-order valence-corrected chi connectivity index (χ1v) is 8.82. The van der Waals surface area contributed by atoms with Crippen molar-refractivity contribution in [1.82, 2.24) is 9.80 Å². The molecule has 0 aromatic carbocycles. The van der Waals surface area contributed by atoms with E-state index < -0.39 is 5.54 Å². The van der Waals surface area contributed by atoms with Crippen molar-refractivity contribution in [2.24, 2.45) is 11.7 Å². The lowest BCUT2D eigenvalue weighted by Gasteiger charge is -2.37. The van der Waals surface area contributed by atoms with E-state index in [1.165, 1.54) is 25.9 Å². The Kier molecular flexibility index (Phi) is 6.06. The molecule has 0 spiro atoms. The van der Waals surface area contributed by atoms with E-state index in [-0.39, 0.29) is 5.91 Å². The number of piperidine rings is 1. The van der Waals surface area contributed by atoms with Crippen LogP contribution in [-0.4, -0.2) is 54.5 Å². The van der Waals surface area contributed by atoms with Crippen LogP contribution in [-0.2, 0) is 4.79 Å². The Morgan fingerprint density at radius 1 is 1.29 bits per heavy atom. The number of nitrogens with zero attached hydrogens (tertiary/aromatic N) is 2. The van der Waals surface area contributed by atoms with Gasteiger partial charge in [0.25, 0.3) is 0 Å². The summed E-state index contributed by atoms with van der Waals surface area (Å²) in [4.78, 5) is 17.1. The maximum Gasteiger partial charge on any atom is 0.242 e. The summed E-state index contributed by atoms with van der Waals surface area (Å²) in [6.07, 6.45) is 8.80. The summed E-state index contributed by atoms with van der Waals surface area (Å²) in [7, 11) is 2.22. The molecule has 0 aromatic heterocycles. The molecular weight excluding hydrogens is 262 g/mol. The van der Waals surface area contributed by atoms with Crippen LogP contribution in [0.1, 0.15) is 58.3 Å². The number of likely N-dealkylation sites (tertiary alicyclic amines) is 1. The summed E-state index contributed by atoms with van der Waals surface area (Å²) in [5.74, 6) is 0.964. The van der Waals surface area contributed by atoms with Crippen LogP contribution in [0.5, 0.6) is 0 Å². The third kappa shape index (κ3) is 4.43. The minimum Gasteiger partial charge on any atom is -0.341 e. The first kappa shape index (κ1) is 16.8. The van der Waals surface area contributed by atoms with Crippen molar-refractivity contribution in [1.29, 1.82) is 0 Å². The number of hydrogen-bond donors (Lipinski definition) is 1. The van der Waals surface area contributed by atoms with Crippen molar-refractivity contribution in [2.75, 3.05) is 33.2 Å². The molecule has 1 saturated carbocycles. The molecule has 4 heteroatoms. The quantitative estimate of drug-likeness (QED) is 0.817. The number of carbonyl (C=O) groups excluding carboxylic acids is 1. The van der Waals surface area contributed by atoms with Gasteiger partial charge in [0.15, 0.2) is 0 Å². The van der Waals surface area contributed by atoms with Gasteiger partial charge < -0.3 is 15.5 Å². The lowest BCUT2D eigenvalue weighted by Crippen LogP contribution is -2.55.